The van der Waals surface area contributed by atoms with Gasteiger partial charge in [0.2, 0.25) is 0 Å². The standard InChI is InChI=1S/C8H14O6/c1-8(2,3)14-13-5(6(9)10)7(11)12-4/h5H,1-4H3,(H,9,10). The minimum absolute atomic E-state index is 0.693. The van der Waals surface area contributed by atoms with Crippen molar-refractivity contribution in [2.45, 2.75) is 32.5 Å². The molecule has 1 N–H and O–H groups in total. The van der Waals surface area contributed by atoms with Gasteiger partial charge in [0, 0.05) is 0 Å². The zero-order chi connectivity index (χ0) is 11.4. The van der Waals surface area contributed by atoms with Crippen molar-refractivity contribution < 1.29 is 29.2 Å². The summed E-state index contributed by atoms with van der Waals surface area (Å²) in [6.45, 7) is 4.97. The SMILES string of the molecule is COC(=O)C(OOC(C)(C)C)C(=O)O. The van der Waals surface area contributed by atoms with E-state index >= 15 is 0 Å². The molecule has 0 aromatic heterocycles. The molecule has 0 saturated heterocycles. The Morgan fingerprint density at radius 3 is 2.07 bits per heavy atom. The van der Waals surface area contributed by atoms with Crippen molar-refractivity contribution in [2.24, 2.45) is 0 Å². The molecule has 0 aliphatic rings. The Morgan fingerprint density at radius 1 is 1.29 bits per heavy atom. The molecule has 6 nitrogen and oxygen atoms in total. The third-order valence-electron chi connectivity index (χ3n) is 1.03. The minimum atomic E-state index is -1.75. The van der Waals surface area contributed by atoms with E-state index in [1.165, 1.54) is 0 Å². The lowest BCUT2D eigenvalue weighted by Crippen LogP contribution is -2.36. The van der Waals surface area contributed by atoms with Gasteiger partial charge in [-0.1, -0.05) is 0 Å². The molecular weight excluding hydrogens is 192 g/mol. The molecule has 14 heavy (non-hydrogen) atoms. The molecule has 0 aliphatic heterocycles. The van der Waals surface area contributed by atoms with E-state index in [1.54, 1.807) is 20.8 Å². The number of carbonyl (C=O) groups excluding carboxylic acids is 1. The number of carboxylic acid groups (broad SMARTS) is 1. The predicted octanol–water partition coefficient (Wildman–Crippen LogP) is 0.359. The van der Waals surface area contributed by atoms with Crippen LogP contribution in [0.25, 0.3) is 0 Å². The number of carboxylic acids is 1. The van der Waals surface area contributed by atoms with E-state index in [-0.39, 0.29) is 0 Å². The van der Waals surface area contributed by atoms with Gasteiger partial charge in [-0.25, -0.2) is 19.4 Å². The van der Waals surface area contributed by atoms with E-state index in [0.29, 0.717) is 0 Å². The lowest BCUT2D eigenvalue weighted by molar-refractivity contribution is -0.363. The van der Waals surface area contributed by atoms with Crippen molar-refractivity contribution >= 4 is 11.9 Å². The lowest BCUT2D eigenvalue weighted by Gasteiger charge is -2.19. The Bertz CT molecular complexity index is 216. The Balaban J connectivity index is 4.26. The Kier molecular flexibility index (Phi) is 4.52. The van der Waals surface area contributed by atoms with Gasteiger partial charge >= 0.3 is 11.9 Å². The maximum atomic E-state index is 10.9. The smallest absolute Gasteiger partial charge is 0.350 e. The first kappa shape index (κ1) is 12.9. The summed E-state index contributed by atoms with van der Waals surface area (Å²) in [5, 5.41) is 8.57. The van der Waals surface area contributed by atoms with Gasteiger partial charge in [0.05, 0.1) is 12.7 Å². The van der Waals surface area contributed by atoms with Gasteiger partial charge in [-0.05, 0) is 20.8 Å². The highest BCUT2D eigenvalue weighted by Crippen LogP contribution is 2.09. The van der Waals surface area contributed by atoms with Gasteiger partial charge in [-0.3, -0.25) is 0 Å². The number of hydrogen-bond acceptors (Lipinski definition) is 5. The van der Waals surface area contributed by atoms with Crippen molar-refractivity contribution in [3.8, 4) is 0 Å². The minimum Gasteiger partial charge on any atom is -0.479 e. The average Bonchev–Trinajstić information content (AvgIpc) is 2.01. The molecule has 82 valence electrons. The first-order chi connectivity index (χ1) is 6.28. The van der Waals surface area contributed by atoms with Gasteiger partial charge in [0.15, 0.2) is 0 Å². The highest BCUT2D eigenvalue weighted by Gasteiger charge is 2.31. The van der Waals surface area contributed by atoms with Crippen molar-refractivity contribution in [3.05, 3.63) is 0 Å². The molecular formula is C8H14O6. The maximum absolute atomic E-state index is 10.9. The largest absolute Gasteiger partial charge is 0.479 e. The van der Waals surface area contributed by atoms with Crippen LogP contribution < -0.4 is 0 Å². The highest BCUT2D eigenvalue weighted by atomic mass is 17.2. The van der Waals surface area contributed by atoms with Crippen LogP contribution in [-0.4, -0.2) is 35.9 Å². The lowest BCUT2D eigenvalue weighted by atomic mass is 10.2. The number of hydrogen-bond donors (Lipinski definition) is 1. The maximum Gasteiger partial charge on any atom is 0.350 e. The van der Waals surface area contributed by atoms with Crippen molar-refractivity contribution in [3.63, 3.8) is 0 Å². The van der Waals surface area contributed by atoms with E-state index < -0.39 is 23.6 Å². The fourth-order valence-corrected chi connectivity index (χ4v) is 0.481. The van der Waals surface area contributed by atoms with Crippen LogP contribution in [0, 0.1) is 0 Å². The molecule has 0 bridgehead atoms. The highest BCUT2D eigenvalue weighted by molar-refractivity contribution is 5.96. The second kappa shape index (κ2) is 4.92. The van der Waals surface area contributed by atoms with E-state index in [9.17, 15) is 9.59 Å². The number of ether oxygens (including phenoxy) is 1. The summed E-state index contributed by atoms with van der Waals surface area (Å²) in [7, 11) is 1.07. The molecule has 0 fully saturated rings. The van der Waals surface area contributed by atoms with Crippen LogP contribution >= 0.6 is 0 Å². The monoisotopic (exact) mass is 206 g/mol. The molecule has 1 atom stereocenters. The Labute approximate surface area is 81.7 Å². The first-order valence-electron chi connectivity index (χ1n) is 3.93. The molecule has 0 radical (unpaired) electrons. The van der Waals surface area contributed by atoms with Crippen LogP contribution in [0.4, 0.5) is 0 Å². The van der Waals surface area contributed by atoms with E-state index in [4.69, 9.17) is 9.99 Å². The van der Waals surface area contributed by atoms with E-state index in [1.807, 2.05) is 0 Å². The van der Waals surface area contributed by atoms with Crippen LogP contribution in [0.5, 0.6) is 0 Å². The summed E-state index contributed by atoms with van der Waals surface area (Å²) in [5.74, 6) is -2.47. The summed E-state index contributed by atoms with van der Waals surface area (Å²) in [5.41, 5.74) is -0.693. The molecule has 0 aromatic carbocycles. The topological polar surface area (TPSA) is 82.1 Å². The number of aliphatic carboxylic acids is 1. The molecule has 1 unspecified atom stereocenters. The summed E-state index contributed by atoms with van der Waals surface area (Å²) in [6, 6.07) is 0. The van der Waals surface area contributed by atoms with Gasteiger partial charge < -0.3 is 9.84 Å². The molecule has 0 aliphatic carbocycles. The van der Waals surface area contributed by atoms with Gasteiger partial charge in [-0.15, -0.1) is 0 Å². The summed E-state index contributed by atoms with van der Waals surface area (Å²) >= 11 is 0. The van der Waals surface area contributed by atoms with Crippen LogP contribution in [0.3, 0.4) is 0 Å². The van der Waals surface area contributed by atoms with Crippen LogP contribution in [-0.2, 0) is 24.1 Å². The molecule has 0 amide bonds. The first-order valence-corrected chi connectivity index (χ1v) is 3.93. The Morgan fingerprint density at radius 2 is 1.79 bits per heavy atom. The second-order valence-corrected chi connectivity index (χ2v) is 3.53. The normalized spacial score (nSPS) is 13.4. The van der Waals surface area contributed by atoms with E-state index in [2.05, 4.69) is 9.62 Å². The molecule has 0 heterocycles. The van der Waals surface area contributed by atoms with Gasteiger partial charge in [0.25, 0.3) is 6.10 Å². The van der Waals surface area contributed by atoms with Crippen molar-refractivity contribution in [1.29, 1.82) is 0 Å². The molecule has 6 heteroatoms. The summed E-state index contributed by atoms with van der Waals surface area (Å²) in [6.07, 6.45) is -1.75. The quantitative estimate of drug-likeness (QED) is 0.309. The van der Waals surface area contributed by atoms with Crippen molar-refractivity contribution in [2.75, 3.05) is 7.11 Å². The van der Waals surface area contributed by atoms with Gasteiger partial charge in [-0.2, -0.15) is 0 Å². The zero-order valence-corrected chi connectivity index (χ0v) is 8.57. The number of rotatable bonds is 4. The molecule has 0 aromatic rings. The number of carbonyl (C=O) groups is 2. The fraction of sp³-hybridized carbons (Fsp3) is 0.750. The molecule has 0 rings (SSSR count). The predicted molar refractivity (Wildman–Crippen MR) is 45.4 cm³/mol. The van der Waals surface area contributed by atoms with E-state index in [0.717, 1.165) is 7.11 Å². The number of methoxy groups -OCH3 is 1. The molecule has 0 spiro atoms. The fourth-order valence-electron chi connectivity index (χ4n) is 0.481. The van der Waals surface area contributed by atoms with Crippen molar-refractivity contribution in [1.82, 2.24) is 0 Å². The second-order valence-electron chi connectivity index (χ2n) is 3.53. The molecule has 0 saturated carbocycles. The zero-order valence-electron chi connectivity index (χ0n) is 8.57. The van der Waals surface area contributed by atoms with Gasteiger partial charge in [0.1, 0.15) is 0 Å². The third kappa shape index (κ3) is 4.78. The third-order valence-corrected chi connectivity index (χ3v) is 1.03. The summed E-state index contributed by atoms with van der Waals surface area (Å²) in [4.78, 5) is 30.5. The van der Waals surface area contributed by atoms with Crippen LogP contribution in [0.2, 0.25) is 0 Å². The summed E-state index contributed by atoms with van der Waals surface area (Å²) < 4.78 is 4.21. The number of esters is 1. The Hall–Kier alpha value is -1.14. The average molecular weight is 206 g/mol. The van der Waals surface area contributed by atoms with Crippen LogP contribution in [0.1, 0.15) is 20.8 Å². The van der Waals surface area contributed by atoms with Crippen LogP contribution in [0.15, 0.2) is 0 Å².